The predicted molar refractivity (Wildman–Crippen MR) is 74.9 cm³/mol. The molecule has 2 aliphatic rings. The molecule has 0 radical (unpaired) electrons. The fourth-order valence-corrected chi connectivity index (χ4v) is 3.23. The zero-order chi connectivity index (χ0) is 13.8. The average Bonchev–Trinajstić information content (AvgIpc) is 3.06. The lowest BCUT2D eigenvalue weighted by Crippen LogP contribution is -2.44. The number of nitrogens with zero attached hydrogens (tertiary/aromatic N) is 2. The summed E-state index contributed by atoms with van der Waals surface area (Å²) in [5.41, 5.74) is 5.58. The first-order valence-electron chi connectivity index (χ1n) is 7.50. The highest BCUT2D eigenvalue weighted by Crippen LogP contribution is 2.22. The molecule has 19 heavy (non-hydrogen) atoms. The van der Waals surface area contributed by atoms with Crippen LogP contribution in [-0.2, 0) is 9.53 Å². The highest BCUT2D eigenvalue weighted by Gasteiger charge is 2.33. The molecule has 3 unspecified atom stereocenters. The Morgan fingerprint density at radius 3 is 2.84 bits per heavy atom. The van der Waals surface area contributed by atoms with Crippen molar-refractivity contribution in [3.63, 3.8) is 0 Å². The van der Waals surface area contributed by atoms with Crippen LogP contribution in [0.4, 0.5) is 0 Å². The van der Waals surface area contributed by atoms with Crippen LogP contribution in [0.15, 0.2) is 0 Å². The van der Waals surface area contributed by atoms with Crippen molar-refractivity contribution < 1.29 is 9.53 Å². The summed E-state index contributed by atoms with van der Waals surface area (Å²) in [4.78, 5) is 16.6. The van der Waals surface area contributed by atoms with Gasteiger partial charge in [-0.3, -0.25) is 9.69 Å². The molecule has 0 aromatic heterocycles. The minimum absolute atomic E-state index is 0.0703. The predicted octanol–water partition coefficient (Wildman–Crippen LogP) is 0.435. The van der Waals surface area contributed by atoms with E-state index in [9.17, 15) is 4.79 Å². The molecule has 5 nitrogen and oxygen atoms in total. The molecule has 5 heteroatoms. The van der Waals surface area contributed by atoms with Crippen molar-refractivity contribution in [1.82, 2.24) is 9.80 Å². The van der Waals surface area contributed by atoms with Gasteiger partial charge < -0.3 is 15.4 Å². The molecule has 0 aromatic rings. The van der Waals surface area contributed by atoms with Crippen molar-refractivity contribution in [3.05, 3.63) is 0 Å². The fourth-order valence-electron chi connectivity index (χ4n) is 3.23. The number of ether oxygens (including phenoxy) is 1. The van der Waals surface area contributed by atoms with Crippen molar-refractivity contribution in [2.75, 3.05) is 33.2 Å². The first kappa shape index (κ1) is 14.8. The Hall–Kier alpha value is -0.650. The van der Waals surface area contributed by atoms with Gasteiger partial charge in [0.15, 0.2) is 0 Å². The molecular formula is C14H27N3O2. The summed E-state index contributed by atoms with van der Waals surface area (Å²) in [6.07, 6.45) is 3.97. The zero-order valence-corrected chi connectivity index (χ0v) is 12.2. The van der Waals surface area contributed by atoms with Gasteiger partial charge in [0.2, 0.25) is 0 Å². The lowest BCUT2D eigenvalue weighted by atomic mass is 10.1. The minimum atomic E-state index is -0.268. The second kappa shape index (κ2) is 6.68. The summed E-state index contributed by atoms with van der Waals surface area (Å²) >= 11 is 0. The maximum absolute atomic E-state index is 12.3. The van der Waals surface area contributed by atoms with Gasteiger partial charge in [-0.2, -0.15) is 0 Å². The Morgan fingerprint density at radius 1 is 1.42 bits per heavy atom. The Balaban J connectivity index is 1.82. The molecule has 1 amide bonds. The van der Waals surface area contributed by atoms with E-state index in [2.05, 4.69) is 11.8 Å². The van der Waals surface area contributed by atoms with E-state index in [-0.39, 0.29) is 18.1 Å². The molecule has 2 aliphatic heterocycles. The van der Waals surface area contributed by atoms with Gasteiger partial charge in [-0.15, -0.1) is 0 Å². The summed E-state index contributed by atoms with van der Waals surface area (Å²) < 4.78 is 5.68. The average molecular weight is 269 g/mol. The topological polar surface area (TPSA) is 58.8 Å². The van der Waals surface area contributed by atoms with Crippen LogP contribution in [0.2, 0.25) is 0 Å². The molecule has 0 bridgehead atoms. The molecule has 2 N–H and O–H groups in total. The molecule has 0 spiro atoms. The van der Waals surface area contributed by atoms with E-state index in [1.807, 2.05) is 11.9 Å². The molecule has 0 aromatic carbocycles. The van der Waals surface area contributed by atoms with E-state index in [1.165, 1.54) is 19.4 Å². The normalized spacial score (nSPS) is 31.8. The number of likely N-dealkylation sites (N-methyl/N-ethyl adjacent to an activating group) is 2. The summed E-state index contributed by atoms with van der Waals surface area (Å²) in [5, 5.41) is 0. The second-order valence-electron chi connectivity index (χ2n) is 5.70. The van der Waals surface area contributed by atoms with Crippen LogP contribution in [0, 0.1) is 0 Å². The summed E-state index contributed by atoms with van der Waals surface area (Å²) in [6, 6.07) is 0.519. The quantitative estimate of drug-likeness (QED) is 0.786. The van der Waals surface area contributed by atoms with Gasteiger partial charge in [0, 0.05) is 26.2 Å². The molecular weight excluding hydrogens is 242 g/mol. The van der Waals surface area contributed by atoms with Gasteiger partial charge in [0.05, 0.1) is 6.10 Å². The monoisotopic (exact) mass is 269 g/mol. The molecule has 110 valence electrons. The SMILES string of the molecule is CCN1CCCC1CN(C)C(=O)C1CCC(CN)O1. The van der Waals surface area contributed by atoms with Crippen LogP contribution >= 0.6 is 0 Å². The van der Waals surface area contributed by atoms with Crippen molar-refractivity contribution in [2.45, 2.75) is 50.9 Å². The van der Waals surface area contributed by atoms with E-state index in [0.717, 1.165) is 25.9 Å². The summed E-state index contributed by atoms with van der Waals surface area (Å²) in [5.74, 6) is 0.124. The third kappa shape index (κ3) is 3.46. The van der Waals surface area contributed by atoms with E-state index in [4.69, 9.17) is 10.5 Å². The van der Waals surface area contributed by atoms with Crippen LogP contribution < -0.4 is 5.73 Å². The molecule has 0 aliphatic carbocycles. The van der Waals surface area contributed by atoms with E-state index in [1.54, 1.807) is 0 Å². The molecule has 0 saturated carbocycles. The standard InChI is InChI=1S/C14H27N3O2/c1-3-17-8-4-5-11(17)10-16(2)14(18)13-7-6-12(9-15)19-13/h11-13H,3-10,15H2,1-2H3. The number of hydrogen-bond donors (Lipinski definition) is 1. The molecule has 2 rings (SSSR count). The maximum Gasteiger partial charge on any atom is 0.251 e. The third-order valence-corrected chi connectivity index (χ3v) is 4.41. The van der Waals surface area contributed by atoms with Gasteiger partial charge in [0.1, 0.15) is 6.10 Å². The van der Waals surface area contributed by atoms with Crippen LogP contribution in [0.5, 0.6) is 0 Å². The van der Waals surface area contributed by atoms with Crippen LogP contribution in [-0.4, -0.2) is 67.2 Å². The minimum Gasteiger partial charge on any atom is -0.364 e. The number of hydrogen-bond acceptors (Lipinski definition) is 4. The van der Waals surface area contributed by atoms with Gasteiger partial charge in [-0.05, 0) is 38.8 Å². The third-order valence-electron chi connectivity index (χ3n) is 4.41. The van der Waals surface area contributed by atoms with Crippen LogP contribution in [0.25, 0.3) is 0 Å². The van der Waals surface area contributed by atoms with Gasteiger partial charge in [-0.1, -0.05) is 6.92 Å². The smallest absolute Gasteiger partial charge is 0.251 e. The highest BCUT2D eigenvalue weighted by molar-refractivity contribution is 5.81. The fraction of sp³-hybridized carbons (Fsp3) is 0.929. The van der Waals surface area contributed by atoms with Gasteiger partial charge >= 0.3 is 0 Å². The van der Waals surface area contributed by atoms with E-state index < -0.39 is 0 Å². The number of likely N-dealkylation sites (tertiary alicyclic amines) is 1. The van der Waals surface area contributed by atoms with Gasteiger partial charge in [0.25, 0.3) is 5.91 Å². The second-order valence-corrected chi connectivity index (χ2v) is 5.70. The number of rotatable bonds is 5. The zero-order valence-electron chi connectivity index (χ0n) is 12.2. The lowest BCUT2D eigenvalue weighted by molar-refractivity contribution is -0.142. The Morgan fingerprint density at radius 2 is 2.21 bits per heavy atom. The summed E-state index contributed by atoms with van der Waals surface area (Å²) in [7, 11) is 1.90. The van der Waals surface area contributed by atoms with E-state index >= 15 is 0 Å². The Kier molecular flexibility index (Phi) is 5.19. The number of carbonyl (C=O) groups excluding carboxylic acids is 1. The van der Waals surface area contributed by atoms with Crippen molar-refractivity contribution in [3.8, 4) is 0 Å². The van der Waals surface area contributed by atoms with Crippen LogP contribution in [0.3, 0.4) is 0 Å². The van der Waals surface area contributed by atoms with Crippen molar-refractivity contribution >= 4 is 5.91 Å². The van der Waals surface area contributed by atoms with Gasteiger partial charge in [-0.25, -0.2) is 0 Å². The Labute approximate surface area is 116 Å². The van der Waals surface area contributed by atoms with Crippen molar-refractivity contribution in [2.24, 2.45) is 5.73 Å². The molecule has 3 atom stereocenters. The largest absolute Gasteiger partial charge is 0.364 e. The highest BCUT2D eigenvalue weighted by atomic mass is 16.5. The number of carbonyl (C=O) groups is 1. The molecule has 2 fully saturated rings. The van der Waals surface area contributed by atoms with Crippen molar-refractivity contribution in [1.29, 1.82) is 0 Å². The number of amides is 1. The number of nitrogens with two attached hydrogens (primary N) is 1. The van der Waals surface area contributed by atoms with E-state index in [0.29, 0.717) is 12.6 Å². The maximum atomic E-state index is 12.3. The first-order valence-corrected chi connectivity index (χ1v) is 7.50. The summed E-state index contributed by atoms with van der Waals surface area (Å²) in [6.45, 7) is 5.76. The molecule has 2 heterocycles. The Bertz CT molecular complexity index is 311. The molecule has 2 saturated heterocycles. The lowest BCUT2D eigenvalue weighted by Gasteiger charge is -2.29. The van der Waals surface area contributed by atoms with Crippen LogP contribution in [0.1, 0.15) is 32.6 Å². The first-order chi connectivity index (χ1) is 9.15.